The summed E-state index contributed by atoms with van der Waals surface area (Å²) < 4.78 is 24.1. The lowest BCUT2D eigenvalue weighted by Gasteiger charge is -2.31. The smallest absolute Gasteiger partial charge is 0.126 e. The van der Waals surface area contributed by atoms with Gasteiger partial charge in [0.25, 0.3) is 0 Å². The predicted molar refractivity (Wildman–Crippen MR) is 224 cm³/mol. The zero-order valence-electron chi connectivity index (χ0n) is 35.5. The van der Waals surface area contributed by atoms with E-state index in [9.17, 15) is 20.4 Å². The first-order valence-electron chi connectivity index (χ1n) is 20.2. The van der Waals surface area contributed by atoms with Crippen molar-refractivity contribution in [3.63, 3.8) is 0 Å². The van der Waals surface area contributed by atoms with Gasteiger partial charge in [-0.05, 0) is 73.6 Å². The number of methoxy groups -OCH3 is 4. The topological polar surface area (TPSA) is 118 Å². The first kappa shape index (κ1) is 42.4. The highest BCUT2D eigenvalue weighted by Gasteiger charge is 2.34. The number of hydrogen-bond donors (Lipinski definition) is 4. The maximum Gasteiger partial charge on any atom is 0.126 e. The van der Waals surface area contributed by atoms with Crippen molar-refractivity contribution in [1.29, 1.82) is 0 Å². The fourth-order valence-electron chi connectivity index (χ4n) is 8.90. The summed E-state index contributed by atoms with van der Waals surface area (Å²) in [6.07, 6.45) is 2.69. The Kier molecular flexibility index (Phi) is 13.3. The quantitative estimate of drug-likeness (QED) is 0.113. The molecule has 1 aliphatic rings. The van der Waals surface area contributed by atoms with Gasteiger partial charge in [-0.1, -0.05) is 55.4 Å². The first-order chi connectivity index (χ1) is 26.5. The summed E-state index contributed by atoms with van der Waals surface area (Å²) in [6.45, 7) is 17.3. The molecule has 1 aliphatic carbocycles. The number of phenolic OH excluding ortho intramolecular Hbond substituents is 4. The van der Waals surface area contributed by atoms with Gasteiger partial charge in [-0.2, -0.15) is 0 Å². The lowest BCUT2D eigenvalue weighted by Crippen LogP contribution is -2.15. The van der Waals surface area contributed by atoms with Gasteiger partial charge in [0, 0.05) is 92.4 Å². The first-order valence-corrected chi connectivity index (χ1v) is 20.2. The van der Waals surface area contributed by atoms with E-state index in [4.69, 9.17) is 18.9 Å². The average molecular weight is 769 g/mol. The molecule has 0 spiro atoms. The van der Waals surface area contributed by atoms with Gasteiger partial charge in [0.05, 0.1) is 28.4 Å². The van der Waals surface area contributed by atoms with Gasteiger partial charge in [0.2, 0.25) is 0 Å². The number of ether oxygens (including phenoxy) is 4. The Bertz CT molecular complexity index is 1710. The molecule has 4 atom stereocenters. The monoisotopic (exact) mass is 768 g/mol. The van der Waals surface area contributed by atoms with Crippen LogP contribution in [0.15, 0.2) is 48.5 Å². The summed E-state index contributed by atoms with van der Waals surface area (Å²) in [5.74, 6) is 1.99. The van der Waals surface area contributed by atoms with E-state index in [1.807, 2.05) is 24.3 Å². The Morgan fingerprint density at radius 3 is 0.661 bits per heavy atom. The molecule has 4 aromatic rings. The Hall–Kier alpha value is -4.72. The highest BCUT2D eigenvalue weighted by molar-refractivity contribution is 5.62. The van der Waals surface area contributed by atoms with Crippen molar-refractivity contribution in [3.8, 4) is 46.0 Å². The molecule has 5 rings (SSSR count). The summed E-state index contributed by atoms with van der Waals surface area (Å²) in [7, 11) is 6.42. The van der Waals surface area contributed by atoms with Crippen LogP contribution in [-0.4, -0.2) is 48.9 Å². The van der Waals surface area contributed by atoms with Crippen LogP contribution in [-0.2, 0) is 0 Å². The van der Waals surface area contributed by atoms with E-state index >= 15 is 0 Å². The third kappa shape index (κ3) is 8.64. The molecule has 0 saturated heterocycles. The molecule has 0 amide bonds. The van der Waals surface area contributed by atoms with E-state index in [0.29, 0.717) is 70.9 Å². The lowest BCUT2D eigenvalue weighted by molar-refractivity contribution is 0.382. The summed E-state index contributed by atoms with van der Waals surface area (Å²) in [6, 6.07) is 15.0. The van der Waals surface area contributed by atoms with Crippen LogP contribution in [0.2, 0.25) is 0 Å². The van der Waals surface area contributed by atoms with E-state index in [2.05, 4.69) is 55.4 Å². The van der Waals surface area contributed by atoms with Gasteiger partial charge in [-0.15, -0.1) is 0 Å². The zero-order valence-corrected chi connectivity index (χ0v) is 35.5. The Balaban J connectivity index is 2.05. The molecule has 0 heterocycles. The molecule has 8 heteroatoms. The molecule has 4 aromatic carbocycles. The van der Waals surface area contributed by atoms with Crippen LogP contribution in [0, 0.1) is 23.7 Å². The average Bonchev–Trinajstić information content (AvgIpc) is 3.13. The second kappa shape index (κ2) is 17.6. The van der Waals surface area contributed by atoms with Crippen LogP contribution in [0.3, 0.4) is 0 Å². The number of fused-ring (bicyclic) bond motifs is 8. The minimum Gasteiger partial charge on any atom is -0.508 e. The van der Waals surface area contributed by atoms with Crippen molar-refractivity contribution >= 4 is 0 Å². The summed E-state index contributed by atoms with van der Waals surface area (Å²) >= 11 is 0. The maximum absolute atomic E-state index is 11.9. The van der Waals surface area contributed by atoms with Gasteiger partial charge in [0.1, 0.15) is 46.0 Å². The van der Waals surface area contributed by atoms with Crippen LogP contribution in [0.25, 0.3) is 0 Å². The molecule has 304 valence electrons. The van der Waals surface area contributed by atoms with Crippen LogP contribution in [0.1, 0.15) is 149 Å². The second-order valence-electron chi connectivity index (χ2n) is 17.3. The number of rotatable bonds is 12. The molecule has 0 saturated carbocycles. The normalized spacial score (nSPS) is 18.1. The van der Waals surface area contributed by atoms with E-state index in [0.717, 1.165) is 22.3 Å². The molecular weight excluding hydrogens is 705 g/mol. The molecule has 0 aliphatic heterocycles. The fourth-order valence-corrected chi connectivity index (χ4v) is 8.90. The van der Waals surface area contributed by atoms with Gasteiger partial charge < -0.3 is 39.4 Å². The second-order valence-corrected chi connectivity index (χ2v) is 17.3. The minimum absolute atomic E-state index is 0.0950. The largest absolute Gasteiger partial charge is 0.508 e. The van der Waals surface area contributed by atoms with E-state index in [1.165, 1.54) is 0 Å². The molecule has 4 N–H and O–H groups in total. The Labute approximate surface area is 334 Å². The predicted octanol–water partition coefficient (Wildman–Crippen LogP) is 11.6. The summed E-state index contributed by atoms with van der Waals surface area (Å²) in [5, 5.41) is 47.7. The number of phenols is 4. The van der Waals surface area contributed by atoms with Gasteiger partial charge in [0.15, 0.2) is 0 Å². The highest BCUT2D eigenvalue weighted by atomic mass is 16.5. The molecule has 4 unspecified atom stereocenters. The van der Waals surface area contributed by atoms with Crippen LogP contribution in [0.5, 0.6) is 46.0 Å². The van der Waals surface area contributed by atoms with Crippen LogP contribution < -0.4 is 18.9 Å². The van der Waals surface area contributed by atoms with Gasteiger partial charge >= 0.3 is 0 Å². The summed E-state index contributed by atoms with van der Waals surface area (Å²) in [5.41, 5.74) is 6.20. The zero-order chi connectivity index (χ0) is 41.2. The van der Waals surface area contributed by atoms with Crippen LogP contribution in [0.4, 0.5) is 0 Å². The van der Waals surface area contributed by atoms with Crippen molar-refractivity contribution in [2.24, 2.45) is 23.7 Å². The van der Waals surface area contributed by atoms with Crippen LogP contribution >= 0.6 is 0 Å². The van der Waals surface area contributed by atoms with Gasteiger partial charge in [-0.25, -0.2) is 0 Å². The van der Waals surface area contributed by atoms with E-state index in [-0.39, 0.29) is 70.3 Å². The third-order valence-corrected chi connectivity index (χ3v) is 11.3. The lowest BCUT2D eigenvalue weighted by atomic mass is 9.75. The third-order valence-electron chi connectivity index (χ3n) is 11.3. The number of benzene rings is 4. The van der Waals surface area contributed by atoms with Gasteiger partial charge in [-0.3, -0.25) is 0 Å². The molecular formula is C48H64O8. The molecule has 0 radical (unpaired) electrons. The SMILES string of the molecule is COc1cc(O)c2cc1C(CC(C)C)c1cc(c(OC)cc1O)C(CC(C)C)c1cc(c(OC)cc1O)C(CC(C)C)c1cc(c(OC)cc1O)C2CC(C)C. The Morgan fingerprint density at radius 1 is 0.339 bits per heavy atom. The number of aromatic hydroxyl groups is 4. The van der Waals surface area contributed by atoms with E-state index in [1.54, 1.807) is 52.7 Å². The molecule has 56 heavy (non-hydrogen) atoms. The molecule has 8 bridgehead atoms. The standard InChI is InChI=1S/C48H64O8/c1-25(2)13-29-33-17-38(46(54-10)21-41(33)49)31(15-27(5)6)35-19-40(48(56-12)23-43(35)51)32(16-28(7)8)36-20-39(47(55-11)24-44(36)52)30(14-26(3)4)34-18-37(29)45(53-9)22-42(34)50/h17-32,49-52H,13-16H2,1-12H3. The molecule has 0 aromatic heterocycles. The molecule has 0 fully saturated rings. The van der Waals surface area contributed by atoms with Crippen molar-refractivity contribution < 1.29 is 39.4 Å². The van der Waals surface area contributed by atoms with Crippen molar-refractivity contribution in [2.45, 2.75) is 105 Å². The van der Waals surface area contributed by atoms with E-state index < -0.39 is 0 Å². The number of hydrogen-bond acceptors (Lipinski definition) is 8. The summed E-state index contributed by atoms with van der Waals surface area (Å²) in [4.78, 5) is 0. The fraction of sp³-hybridized carbons (Fsp3) is 0.500. The molecule has 8 nitrogen and oxygen atoms in total. The highest BCUT2D eigenvalue weighted by Crippen LogP contribution is 2.53. The van der Waals surface area contributed by atoms with Crippen molar-refractivity contribution in [2.75, 3.05) is 28.4 Å². The Morgan fingerprint density at radius 2 is 0.518 bits per heavy atom. The van der Waals surface area contributed by atoms with Crippen molar-refractivity contribution in [3.05, 3.63) is 93.0 Å². The minimum atomic E-state index is -0.339. The maximum atomic E-state index is 11.9. The van der Waals surface area contributed by atoms with Crippen molar-refractivity contribution in [1.82, 2.24) is 0 Å².